The third-order valence-electron chi connectivity index (χ3n) is 4.73. The van der Waals surface area contributed by atoms with Gasteiger partial charge in [0, 0.05) is 12.5 Å². The van der Waals surface area contributed by atoms with Gasteiger partial charge in [0.1, 0.15) is 0 Å². The van der Waals surface area contributed by atoms with E-state index in [-0.39, 0.29) is 5.91 Å². The van der Waals surface area contributed by atoms with Gasteiger partial charge in [0.2, 0.25) is 5.91 Å². The van der Waals surface area contributed by atoms with Crippen LogP contribution in [0.1, 0.15) is 58.3 Å². The molecule has 2 aliphatic rings. The fourth-order valence-electron chi connectivity index (χ4n) is 3.41. The van der Waals surface area contributed by atoms with Gasteiger partial charge in [-0.05, 0) is 64.0 Å². The van der Waals surface area contributed by atoms with Crippen LogP contribution in [0.4, 0.5) is 0 Å². The Morgan fingerprint density at radius 2 is 1.89 bits per heavy atom. The van der Waals surface area contributed by atoms with E-state index in [1.165, 1.54) is 38.5 Å². The topological polar surface area (TPSA) is 41.1 Å². The molecule has 1 saturated carbocycles. The zero-order valence-corrected chi connectivity index (χ0v) is 11.7. The van der Waals surface area contributed by atoms with E-state index in [2.05, 4.69) is 17.6 Å². The summed E-state index contributed by atoms with van der Waals surface area (Å²) in [6.07, 6.45) is 9.58. The van der Waals surface area contributed by atoms with E-state index in [9.17, 15) is 4.79 Å². The Morgan fingerprint density at radius 3 is 2.56 bits per heavy atom. The lowest BCUT2D eigenvalue weighted by Gasteiger charge is -2.23. The number of piperidine rings is 1. The first-order chi connectivity index (χ1) is 8.75. The summed E-state index contributed by atoms with van der Waals surface area (Å²) < 4.78 is 0. The van der Waals surface area contributed by atoms with Crippen LogP contribution in [0.15, 0.2) is 0 Å². The first kappa shape index (κ1) is 13.9. The van der Waals surface area contributed by atoms with Crippen LogP contribution in [-0.4, -0.2) is 25.0 Å². The van der Waals surface area contributed by atoms with Gasteiger partial charge in [0.25, 0.3) is 0 Å². The molecule has 0 aromatic carbocycles. The standard InChI is InChI=1S/C15H28N2O/c1-12(14-4-2-3-5-14)17-15(18)7-6-13-8-10-16-11-9-13/h12-14,16H,2-11H2,1H3,(H,17,18)/t12-/m0/s1. The molecule has 0 aromatic rings. The minimum atomic E-state index is 0.271. The lowest BCUT2D eigenvalue weighted by molar-refractivity contribution is -0.122. The molecule has 1 heterocycles. The van der Waals surface area contributed by atoms with Crippen LogP contribution in [0.5, 0.6) is 0 Å². The smallest absolute Gasteiger partial charge is 0.220 e. The molecule has 1 aliphatic carbocycles. The summed E-state index contributed by atoms with van der Waals surface area (Å²) >= 11 is 0. The van der Waals surface area contributed by atoms with Crippen molar-refractivity contribution in [2.45, 2.75) is 64.3 Å². The SMILES string of the molecule is C[C@H](NC(=O)CCC1CCNCC1)C1CCCC1. The van der Waals surface area contributed by atoms with Crippen molar-refractivity contribution in [2.24, 2.45) is 11.8 Å². The van der Waals surface area contributed by atoms with Crippen molar-refractivity contribution in [1.29, 1.82) is 0 Å². The lowest BCUT2D eigenvalue weighted by Crippen LogP contribution is -2.37. The Bertz CT molecular complexity index is 255. The van der Waals surface area contributed by atoms with Gasteiger partial charge in [-0.25, -0.2) is 0 Å². The molecule has 1 aliphatic heterocycles. The average Bonchev–Trinajstić information content (AvgIpc) is 2.91. The van der Waals surface area contributed by atoms with E-state index in [0.717, 1.165) is 37.8 Å². The largest absolute Gasteiger partial charge is 0.353 e. The molecule has 3 heteroatoms. The molecule has 0 bridgehead atoms. The second-order valence-corrected chi connectivity index (χ2v) is 6.13. The van der Waals surface area contributed by atoms with Crippen LogP contribution >= 0.6 is 0 Å². The van der Waals surface area contributed by atoms with Crippen molar-refractivity contribution in [3.63, 3.8) is 0 Å². The van der Waals surface area contributed by atoms with Crippen molar-refractivity contribution in [3.8, 4) is 0 Å². The maximum Gasteiger partial charge on any atom is 0.220 e. The molecule has 3 nitrogen and oxygen atoms in total. The highest BCUT2D eigenvalue weighted by atomic mass is 16.1. The Balaban J connectivity index is 1.61. The Hall–Kier alpha value is -0.570. The third-order valence-corrected chi connectivity index (χ3v) is 4.73. The maximum atomic E-state index is 11.9. The molecule has 2 N–H and O–H groups in total. The summed E-state index contributed by atoms with van der Waals surface area (Å²) in [7, 11) is 0. The first-order valence-electron chi connectivity index (χ1n) is 7.76. The van der Waals surface area contributed by atoms with Crippen LogP contribution in [0, 0.1) is 11.8 Å². The van der Waals surface area contributed by atoms with Gasteiger partial charge < -0.3 is 10.6 Å². The Labute approximate surface area is 111 Å². The zero-order chi connectivity index (χ0) is 12.8. The van der Waals surface area contributed by atoms with Crippen LogP contribution in [0.3, 0.4) is 0 Å². The highest BCUT2D eigenvalue weighted by molar-refractivity contribution is 5.76. The number of nitrogens with one attached hydrogen (secondary N) is 2. The zero-order valence-electron chi connectivity index (χ0n) is 11.7. The monoisotopic (exact) mass is 252 g/mol. The highest BCUT2D eigenvalue weighted by Gasteiger charge is 2.23. The number of hydrogen-bond donors (Lipinski definition) is 2. The lowest BCUT2D eigenvalue weighted by atomic mass is 9.93. The van der Waals surface area contributed by atoms with Gasteiger partial charge in [0.15, 0.2) is 0 Å². The fraction of sp³-hybridized carbons (Fsp3) is 0.933. The minimum absolute atomic E-state index is 0.271. The summed E-state index contributed by atoms with van der Waals surface area (Å²) in [6, 6.07) is 0.382. The fourth-order valence-corrected chi connectivity index (χ4v) is 3.41. The molecule has 18 heavy (non-hydrogen) atoms. The molecular weight excluding hydrogens is 224 g/mol. The van der Waals surface area contributed by atoms with Crippen LogP contribution in [0.2, 0.25) is 0 Å². The number of rotatable bonds is 5. The summed E-state index contributed by atoms with van der Waals surface area (Å²) in [5, 5.41) is 6.58. The van der Waals surface area contributed by atoms with Crippen molar-refractivity contribution in [2.75, 3.05) is 13.1 Å². The highest BCUT2D eigenvalue weighted by Crippen LogP contribution is 2.27. The van der Waals surface area contributed by atoms with E-state index < -0.39 is 0 Å². The van der Waals surface area contributed by atoms with E-state index in [1.54, 1.807) is 0 Å². The second-order valence-electron chi connectivity index (χ2n) is 6.13. The first-order valence-corrected chi connectivity index (χ1v) is 7.76. The Kier molecular flexibility index (Phi) is 5.48. The van der Waals surface area contributed by atoms with Gasteiger partial charge in [-0.3, -0.25) is 4.79 Å². The second kappa shape index (κ2) is 7.13. The average molecular weight is 252 g/mol. The van der Waals surface area contributed by atoms with Gasteiger partial charge in [-0.15, -0.1) is 0 Å². The van der Waals surface area contributed by atoms with E-state index in [0.29, 0.717) is 6.04 Å². The molecule has 0 radical (unpaired) electrons. The number of carbonyl (C=O) groups excluding carboxylic acids is 1. The predicted molar refractivity (Wildman–Crippen MR) is 74.4 cm³/mol. The molecule has 0 aromatic heterocycles. The molecule has 2 fully saturated rings. The Morgan fingerprint density at radius 1 is 1.22 bits per heavy atom. The van der Waals surface area contributed by atoms with Crippen LogP contribution in [-0.2, 0) is 4.79 Å². The van der Waals surface area contributed by atoms with Crippen molar-refractivity contribution in [3.05, 3.63) is 0 Å². The maximum absolute atomic E-state index is 11.9. The quantitative estimate of drug-likeness (QED) is 0.789. The molecule has 1 amide bonds. The molecule has 104 valence electrons. The normalized spacial score (nSPS) is 24.1. The minimum Gasteiger partial charge on any atom is -0.353 e. The molecule has 1 atom stereocenters. The van der Waals surface area contributed by atoms with Gasteiger partial charge in [-0.1, -0.05) is 12.8 Å². The van der Waals surface area contributed by atoms with Crippen molar-refractivity contribution in [1.82, 2.24) is 10.6 Å². The predicted octanol–water partition coefficient (Wildman–Crippen LogP) is 2.46. The van der Waals surface area contributed by atoms with Crippen molar-refractivity contribution >= 4 is 5.91 Å². The number of amides is 1. The van der Waals surface area contributed by atoms with E-state index in [4.69, 9.17) is 0 Å². The van der Waals surface area contributed by atoms with Gasteiger partial charge >= 0.3 is 0 Å². The van der Waals surface area contributed by atoms with Crippen LogP contribution in [0.25, 0.3) is 0 Å². The summed E-state index contributed by atoms with van der Waals surface area (Å²) in [5.41, 5.74) is 0. The summed E-state index contributed by atoms with van der Waals surface area (Å²) in [4.78, 5) is 11.9. The van der Waals surface area contributed by atoms with Crippen molar-refractivity contribution < 1.29 is 4.79 Å². The molecule has 2 rings (SSSR count). The molecule has 0 unspecified atom stereocenters. The molecule has 1 saturated heterocycles. The van der Waals surface area contributed by atoms with E-state index in [1.807, 2.05) is 0 Å². The molecule has 0 spiro atoms. The number of hydrogen-bond acceptors (Lipinski definition) is 2. The third kappa shape index (κ3) is 4.27. The van der Waals surface area contributed by atoms with Gasteiger partial charge in [-0.2, -0.15) is 0 Å². The summed E-state index contributed by atoms with van der Waals surface area (Å²) in [5.74, 6) is 1.76. The summed E-state index contributed by atoms with van der Waals surface area (Å²) in [6.45, 7) is 4.44. The van der Waals surface area contributed by atoms with E-state index >= 15 is 0 Å². The number of carbonyl (C=O) groups is 1. The molecular formula is C15H28N2O. The van der Waals surface area contributed by atoms with Crippen LogP contribution < -0.4 is 10.6 Å². The van der Waals surface area contributed by atoms with Gasteiger partial charge in [0.05, 0.1) is 0 Å².